The average molecular weight is 262 g/mol. The number of thiophene rings is 1. The molecule has 0 bridgehead atoms. The van der Waals surface area contributed by atoms with Crippen molar-refractivity contribution < 1.29 is 9.53 Å². The third kappa shape index (κ3) is 2.91. The molecular formula is C15H18O2S. The lowest BCUT2D eigenvalue weighted by atomic mass is 10.1. The molecule has 0 aliphatic rings. The summed E-state index contributed by atoms with van der Waals surface area (Å²) in [5.41, 5.74) is 0. The number of ether oxygens (including phenoxy) is 1. The highest BCUT2D eigenvalue weighted by atomic mass is 32.1. The predicted molar refractivity (Wildman–Crippen MR) is 76.4 cm³/mol. The van der Waals surface area contributed by atoms with Gasteiger partial charge in [0.25, 0.3) is 0 Å². The lowest BCUT2D eigenvalue weighted by Gasteiger charge is -2.03. The molecule has 0 unspecified atom stereocenters. The van der Waals surface area contributed by atoms with Crippen LogP contribution in [0.3, 0.4) is 0 Å². The van der Waals surface area contributed by atoms with Gasteiger partial charge >= 0.3 is 5.97 Å². The molecule has 1 aromatic carbocycles. The summed E-state index contributed by atoms with van der Waals surface area (Å²) in [4.78, 5) is 12.4. The van der Waals surface area contributed by atoms with Gasteiger partial charge in [-0.3, -0.25) is 4.79 Å². The number of carbonyl (C=O) groups is 1. The zero-order chi connectivity index (χ0) is 13.0. The van der Waals surface area contributed by atoms with Crippen molar-refractivity contribution in [1.82, 2.24) is 0 Å². The van der Waals surface area contributed by atoms with Crippen molar-refractivity contribution >= 4 is 27.4 Å². The molecule has 1 aromatic heterocycles. The maximum Gasteiger partial charge on any atom is 0.308 e. The second-order valence-electron chi connectivity index (χ2n) is 4.40. The third-order valence-electron chi connectivity index (χ3n) is 2.87. The molecule has 2 aromatic rings. The van der Waals surface area contributed by atoms with Gasteiger partial charge in [-0.05, 0) is 25.0 Å². The normalized spacial score (nSPS) is 10.8. The zero-order valence-electron chi connectivity index (χ0n) is 10.9. The smallest absolute Gasteiger partial charge is 0.308 e. The molecule has 0 spiro atoms. The highest BCUT2D eigenvalue weighted by Gasteiger charge is 2.14. The first-order chi connectivity index (χ1) is 8.72. The fourth-order valence-electron chi connectivity index (χ4n) is 2.03. The van der Waals surface area contributed by atoms with Gasteiger partial charge in [-0.15, -0.1) is 11.3 Å². The molecule has 96 valence electrons. The van der Waals surface area contributed by atoms with Gasteiger partial charge in [-0.25, -0.2) is 0 Å². The minimum atomic E-state index is -0.240. The van der Waals surface area contributed by atoms with E-state index in [0.29, 0.717) is 0 Å². The first kappa shape index (κ1) is 13.1. The number of esters is 1. The molecule has 0 aliphatic heterocycles. The number of hydrogen-bond donors (Lipinski definition) is 0. The molecule has 0 amide bonds. The van der Waals surface area contributed by atoms with Crippen molar-refractivity contribution in [1.29, 1.82) is 0 Å². The Morgan fingerprint density at radius 1 is 1.28 bits per heavy atom. The Hall–Kier alpha value is -1.35. The molecule has 0 N–H and O–H groups in total. The van der Waals surface area contributed by atoms with Gasteiger partial charge in [0.15, 0.2) is 5.75 Å². The van der Waals surface area contributed by atoms with E-state index in [1.807, 2.05) is 18.2 Å². The van der Waals surface area contributed by atoms with E-state index in [0.717, 1.165) is 24.0 Å². The molecule has 0 radical (unpaired) electrons. The predicted octanol–water partition coefficient (Wildman–Crippen LogP) is 4.56. The second-order valence-corrected chi connectivity index (χ2v) is 5.54. The summed E-state index contributed by atoms with van der Waals surface area (Å²) in [7, 11) is 0. The fraction of sp³-hybridized carbons (Fsp3) is 0.400. The largest absolute Gasteiger partial charge is 0.425 e. The molecule has 2 rings (SSSR count). The molecule has 0 atom stereocenters. The van der Waals surface area contributed by atoms with Crippen molar-refractivity contribution in [2.75, 3.05) is 0 Å². The van der Waals surface area contributed by atoms with Crippen LogP contribution in [0.5, 0.6) is 5.75 Å². The lowest BCUT2D eigenvalue weighted by Crippen LogP contribution is -2.02. The molecular weight excluding hydrogens is 244 g/mol. The number of carbonyl (C=O) groups excluding carboxylic acids is 1. The number of hydrogen-bond acceptors (Lipinski definition) is 3. The molecule has 0 saturated carbocycles. The Kier molecular flexibility index (Phi) is 4.37. The molecule has 0 aliphatic carbocycles. The Bertz CT molecular complexity index is 542. The summed E-state index contributed by atoms with van der Waals surface area (Å²) < 4.78 is 6.60. The Morgan fingerprint density at radius 3 is 2.78 bits per heavy atom. The van der Waals surface area contributed by atoms with Gasteiger partial charge in [0.1, 0.15) is 0 Å². The van der Waals surface area contributed by atoms with Crippen molar-refractivity contribution in [3.8, 4) is 5.75 Å². The highest BCUT2D eigenvalue weighted by Crippen LogP contribution is 2.38. The van der Waals surface area contributed by atoms with E-state index in [1.54, 1.807) is 11.3 Å². The van der Waals surface area contributed by atoms with Crippen LogP contribution in [0.25, 0.3) is 10.1 Å². The standard InChI is InChI=1S/C15H18O2S/c1-3-4-5-10-14-15(17-11(2)16)12-8-6-7-9-13(12)18-14/h6-9H,3-5,10H2,1-2H3. The van der Waals surface area contributed by atoms with E-state index in [-0.39, 0.29) is 5.97 Å². The quantitative estimate of drug-likeness (QED) is 0.583. The maximum absolute atomic E-state index is 11.2. The van der Waals surface area contributed by atoms with Crippen molar-refractivity contribution in [2.45, 2.75) is 39.5 Å². The number of rotatable bonds is 5. The van der Waals surface area contributed by atoms with Crippen molar-refractivity contribution in [2.24, 2.45) is 0 Å². The summed E-state index contributed by atoms with van der Waals surface area (Å²) >= 11 is 1.74. The van der Waals surface area contributed by atoms with Crippen molar-refractivity contribution in [3.63, 3.8) is 0 Å². The van der Waals surface area contributed by atoms with Gasteiger partial charge in [-0.2, -0.15) is 0 Å². The topological polar surface area (TPSA) is 26.3 Å². The molecule has 18 heavy (non-hydrogen) atoms. The van der Waals surface area contributed by atoms with E-state index < -0.39 is 0 Å². The highest BCUT2D eigenvalue weighted by molar-refractivity contribution is 7.19. The lowest BCUT2D eigenvalue weighted by molar-refractivity contribution is -0.131. The third-order valence-corrected chi connectivity index (χ3v) is 4.08. The van der Waals surface area contributed by atoms with Gasteiger partial charge < -0.3 is 4.74 Å². The Labute approximate surface area is 112 Å². The number of aryl methyl sites for hydroxylation is 1. The van der Waals surface area contributed by atoms with Crippen LogP contribution in [0.2, 0.25) is 0 Å². The minimum Gasteiger partial charge on any atom is -0.425 e. The SMILES string of the molecule is CCCCCc1sc2ccccc2c1OC(C)=O. The molecule has 2 nitrogen and oxygen atoms in total. The van der Waals surface area contributed by atoms with Crippen LogP contribution in [0, 0.1) is 0 Å². The van der Waals surface area contributed by atoms with E-state index in [9.17, 15) is 4.79 Å². The van der Waals surface area contributed by atoms with Gasteiger partial charge in [-0.1, -0.05) is 31.9 Å². The number of fused-ring (bicyclic) bond motifs is 1. The monoisotopic (exact) mass is 262 g/mol. The van der Waals surface area contributed by atoms with Crippen LogP contribution in [-0.2, 0) is 11.2 Å². The van der Waals surface area contributed by atoms with Gasteiger partial charge in [0, 0.05) is 21.9 Å². The Morgan fingerprint density at radius 2 is 2.06 bits per heavy atom. The van der Waals surface area contributed by atoms with E-state index in [4.69, 9.17) is 4.74 Å². The average Bonchev–Trinajstić information content (AvgIpc) is 2.68. The Balaban J connectivity index is 2.33. The van der Waals surface area contributed by atoms with E-state index in [1.165, 1.54) is 29.3 Å². The summed E-state index contributed by atoms with van der Waals surface area (Å²) in [5.74, 6) is 0.537. The van der Waals surface area contributed by atoms with Gasteiger partial charge in [0.05, 0.1) is 0 Å². The molecule has 1 heterocycles. The van der Waals surface area contributed by atoms with E-state index >= 15 is 0 Å². The second kappa shape index (κ2) is 6.01. The number of benzene rings is 1. The zero-order valence-corrected chi connectivity index (χ0v) is 11.7. The van der Waals surface area contributed by atoms with E-state index in [2.05, 4.69) is 13.0 Å². The van der Waals surface area contributed by atoms with Crippen molar-refractivity contribution in [3.05, 3.63) is 29.1 Å². The van der Waals surface area contributed by atoms with Crippen LogP contribution in [0.4, 0.5) is 0 Å². The van der Waals surface area contributed by atoms with Gasteiger partial charge in [0.2, 0.25) is 0 Å². The molecule has 0 saturated heterocycles. The summed E-state index contributed by atoms with van der Waals surface area (Å²) in [5, 5.41) is 1.06. The maximum atomic E-state index is 11.2. The first-order valence-corrected chi connectivity index (χ1v) is 7.23. The van der Waals surface area contributed by atoms with Crippen LogP contribution in [-0.4, -0.2) is 5.97 Å². The molecule has 0 fully saturated rings. The van der Waals surface area contributed by atoms with Crippen LogP contribution in [0.15, 0.2) is 24.3 Å². The summed E-state index contributed by atoms with van der Waals surface area (Å²) in [6.07, 6.45) is 4.56. The van der Waals surface area contributed by atoms with Crippen LogP contribution >= 0.6 is 11.3 Å². The fourth-order valence-corrected chi connectivity index (χ4v) is 3.20. The molecule has 3 heteroatoms. The van der Waals surface area contributed by atoms with Crippen LogP contribution < -0.4 is 4.74 Å². The summed E-state index contributed by atoms with van der Waals surface area (Å²) in [6.45, 7) is 3.65. The summed E-state index contributed by atoms with van der Waals surface area (Å²) in [6, 6.07) is 8.10. The minimum absolute atomic E-state index is 0.240. The van der Waals surface area contributed by atoms with Crippen LogP contribution in [0.1, 0.15) is 38.0 Å². The number of unbranched alkanes of at least 4 members (excludes halogenated alkanes) is 2. The first-order valence-electron chi connectivity index (χ1n) is 6.41.